The highest BCUT2D eigenvalue weighted by Crippen LogP contribution is 2.48. The maximum Gasteiger partial charge on any atom is 0.0760 e. The van der Waals surface area contributed by atoms with Gasteiger partial charge in [-0.3, -0.25) is 0 Å². The Labute approximate surface area is 307 Å². The van der Waals surface area contributed by atoms with Crippen molar-refractivity contribution < 1.29 is 0 Å². The second kappa shape index (κ2) is 17.2. The van der Waals surface area contributed by atoms with E-state index in [1.54, 1.807) is 0 Å². The van der Waals surface area contributed by atoms with Crippen LogP contribution in [0.1, 0.15) is 136 Å². The molecule has 0 unspecified atom stereocenters. The van der Waals surface area contributed by atoms with Crippen molar-refractivity contribution in [3.05, 3.63) is 72.8 Å². The van der Waals surface area contributed by atoms with Gasteiger partial charge in [-0.1, -0.05) is 172 Å². The molecule has 3 heterocycles. The molecular weight excluding hydrogens is 619 g/mol. The first-order chi connectivity index (χ1) is 25.3. The normalized spacial score (nSPS) is 12.3. The fraction of sp³-hybridized carbons (Fsp3) is 0.500. The quantitative estimate of drug-likeness (QED) is 0.0671. The molecule has 3 aromatic heterocycles. The van der Waals surface area contributed by atoms with Crippen molar-refractivity contribution in [1.29, 1.82) is 0 Å². The van der Waals surface area contributed by atoms with Crippen LogP contribution in [0.4, 0.5) is 0 Å². The monoisotopic (exact) mass is 682 g/mol. The van der Waals surface area contributed by atoms with Gasteiger partial charge in [-0.25, -0.2) is 0 Å². The van der Waals surface area contributed by atoms with E-state index in [0.717, 1.165) is 19.6 Å². The zero-order valence-corrected chi connectivity index (χ0v) is 32.1. The largest absolute Gasteiger partial charge is 0.340 e. The molecule has 0 radical (unpaired) electrons. The van der Waals surface area contributed by atoms with Gasteiger partial charge in [0.05, 0.1) is 16.6 Å². The van der Waals surface area contributed by atoms with Crippen LogP contribution in [0.2, 0.25) is 0 Å². The van der Waals surface area contributed by atoms with E-state index in [4.69, 9.17) is 0 Å². The zero-order chi connectivity index (χ0) is 35.0. The van der Waals surface area contributed by atoms with E-state index in [9.17, 15) is 0 Å². The van der Waals surface area contributed by atoms with Crippen molar-refractivity contribution in [3.8, 4) is 0 Å². The minimum absolute atomic E-state index is 1.07. The summed E-state index contributed by atoms with van der Waals surface area (Å²) < 4.78 is 8.26. The molecule has 7 aromatic rings. The number of para-hydroxylation sites is 3. The van der Waals surface area contributed by atoms with Crippen LogP contribution in [0.15, 0.2) is 72.8 Å². The van der Waals surface area contributed by atoms with Gasteiger partial charge in [-0.15, -0.1) is 0 Å². The predicted octanol–water partition coefficient (Wildman–Crippen LogP) is 15.1. The van der Waals surface area contributed by atoms with Crippen LogP contribution in [-0.4, -0.2) is 13.7 Å². The van der Waals surface area contributed by atoms with Gasteiger partial charge in [0.1, 0.15) is 0 Å². The fourth-order valence-corrected chi connectivity index (χ4v) is 9.26. The lowest BCUT2D eigenvalue weighted by Gasteiger charge is -2.14. The van der Waals surface area contributed by atoms with Gasteiger partial charge in [0.25, 0.3) is 0 Å². The molecular formula is C48H63N3. The third-order valence-electron chi connectivity index (χ3n) is 11.8. The van der Waals surface area contributed by atoms with Crippen LogP contribution in [0.5, 0.6) is 0 Å². The molecule has 270 valence electrons. The van der Waals surface area contributed by atoms with E-state index in [0.29, 0.717) is 0 Å². The average Bonchev–Trinajstić information content (AvgIpc) is 3.78. The van der Waals surface area contributed by atoms with Crippen LogP contribution >= 0.6 is 0 Å². The summed E-state index contributed by atoms with van der Waals surface area (Å²) in [6.07, 6.45) is 23.7. The number of fused-ring (bicyclic) bond motifs is 12. The maximum absolute atomic E-state index is 2.76. The predicted molar refractivity (Wildman–Crippen MR) is 226 cm³/mol. The van der Waals surface area contributed by atoms with Gasteiger partial charge >= 0.3 is 0 Å². The highest BCUT2D eigenvalue weighted by molar-refractivity contribution is 6.39. The number of aryl methyl sites for hydroxylation is 3. The van der Waals surface area contributed by atoms with Crippen molar-refractivity contribution in [2.24, 2.45) is 0 Å². The van der Waals surface area contributed by atoms with Crippen molar-refractivity contribution in [3.63, 3.8) is 0 Å². The Morgan fingerprint density at radius 3 is 1.02 bits per heavy atom. The SMILES string of the molecule is CCCCCCCCn1c2ccccc2c2c3c4ccccc4n(CCCCCCCC)c3c3c(c4ccccc4n3CCCCCCCC)c21. The molecule has 0 aliphatic heterocycles. The molecule has 0 atom stereocenters. The molecule has 0 fully saturated rings. The Bertz CT molecular complexity index is 2190. The smallest absolute Gasteiger partial charge is 0.0760 e. The molecule has 3 heteroatoms. The molecule has 0 N–H and O–H groups in total. The molecule has 7 rings (SSSR count). The summed E-state index contributed by atoms with van der Waals surface area (Å²) in [7, 11) is 0. The van der Waals surface area contributed by atoms with Crippen molar-refractivity contribution in [1.82, 2.24) is 13.7 Å². The Morgan fingerprint density at radius 1 is 0.314 bits per heavy atom. The van der Waals surface area contributed by atoms with Crippen LogP contribution in [0.25, 0.3) is 65.4 Å². The van der Waals surface area contributed by atoms with E-state index >= 15 is 0 Å². The number of hydrogen-bond donors (Lipinski definition) is 0. The molecule has 0 saturated heterocycles. The van der Waals surface area contributed by atoms with Gasteiger partial charge in [0, 0.05) is 68.5 Å². The van der Waals surface area contributed by atoms with Crippen LogP contribution < -0.4 is 0 Å². The summed E-state index contributed by atoms with van der Waals surface area (Å²) in [5.74, 6) is 0. The molecule has 0 spiro atoms. The molecule has 0 aliphatic rings. The first kappa shape index (κ1) is 35.7. The molecule has 0 saturated carbocycles. The number of unbranched alkanes of at least 4 members (excludes halogenated alkanes) is 15. The number of hydrogen-bond acceptors (Lipinski definition) is 0. The van der Waals surface area contributed by atoms with E-state index in [-0.39, 0.29) is 0 Å². The molecule has 4 aromatic carbocycles. The summed E-state index contributed by atoms with van der Waals surface area (Å²) in [6.45, 7) is 10.2. The first-order valence-electron chi connectivity index (χ1n) is 21.1. The summed E-state index contributed by atoms with van der Waals surface area (Å²) in [5, 5.41) is 8.69. The number of nitrogens with zero attached hydrogens (tertiary/aromatic N) is 3. The summed E-state index contributed by atoms with van der Waals surface area (Å²) in [5.41, 5.74) is 8.61. The lowest BCUT2D eigenvalue weighted by molar-refractivity contribution is 0.567. The first-order valence-corrected chi connectivity index (χ1v) is 21.1. The Balaban J connectivity index is 1.49. The van der Waals surface area contributed by atoms with Crippen molar-refractivity contribution >= 4 is 65.4 Å². The van der Waals surface area contributed by atoms with Gasteiger partial charge in [-0.05, 0) is 37.5 Å². The summed E-state index contributed by atoms with van der Waals surface area (Å²) in [6, 6.07) is 28.1. The highest BCUT2D eigenvalue weighted by atomic mass is 15.0. The van der Waals surface area contributed by atoms with Crippen LogP contribution in [-0.2, 0) is 19.6 Å². The lowest BCUT2D eigenvalue weighted by Crippen LogP contribution is -2.03. The number of benzene rings is 4. The summed E-state index contributed by atoms with van der Waals surface area (Å²) in [4.78, 5) is 0. The van der Waals surface area contributed by atoms with Gasteiger partial charge in [0.2, 0.25) is 0 Å². The van der Waals surface area contributed by atoms with Gasteiger partial charge < -0.3 is 13.7 Å². The molecule has 51 heavy (non-hydrogen) atoms. The Kier molecular flexibility index (Phi) is 12.0. The highest BCUT2D eigenvalue weighted by Gasteiger charge is 2.27. The Hall–Kier alpha value is -3.72. The number of aromatic nitrogens is 3. The minimum Gasteiger partial charge on any atom is -0.340 e. The Morgan fingerprint density at radius 2 is 0.608 bits per heavy atom. The zero-order valence-electron chi connectivity index (χ0n) is 32.1. The third-order valence-corrected chi connectivity index (χ3v) is 11.8. The molecule has 0 amide bonds. The van der Waals surface area contributed by atoms with Crippen LogP contribution in [0.3, 0.4) is 0 Å². The molecule has 3 nitrogen and oxygen atoms in total. The lowest BCUT2D eigenvalue weighted by atomic mass is 10.0. The van der Waals surface area contributed by atoms with E-state index in [2.05, 4.69) is 107 Å². The fourth-order valence-electron chi connectivity index (χ4n) is 9.26. The van der Waals surface area contributed by atoms with Crippen molar-refractivity contribution in [2.75, 3.05) is 0 Å². The maximum atomic E-state index is 2.76. The number of rotatable bonds is 21. The van der Waals surface area contributed by atoms with Gasteiger partial charge in [-0.2, -0.15) is 0 Å². The van der Waals surface area contributed by atoms with E-state index in [1.165, 1.54) is 181 Å². The standard InChI is InChI=1S/C48H63N3/c1-4-7-10-13-16-25-34-49-40-31-22-19-28-37(40)43-44-38-29-20-23-32-41(38)50(35-26-17-14-11-8-5-2)47(44)48-45(46(43)49)39-30-21-24-33-42(39)51(48)36-27-18-15-12-9-6-3/h19-24,28-33H,4-18,25-27,34-36H2,1-3H3. The third kappa shape index (κ3) is 7.07. The second-order valence-electron chi connectivity index (χ2n) is 15.5. The molecule has 0 bridgehead atoms. The minimum atomic E-state index is 1.07. The van der Waals surface area contributed by atoms with Crippen LogP contribution in [0, 0.1) is 0 Å². The van der Waals surface area contributed by atoms with Crippen molar-refractivity contribution in [2.45, 2.75) is 156 Å². The van der Waals surface area contributed by atoms with Gasteiger partial charge in [0.15, 0.2) is 0 Å². The summed E-state index contributed by atoms with van der Waals surface area (Å²) >= 11 is 0. The second-order valence-corrected chi connectivity index (χ2v) is 15.5. The van der Waals surface area contributed by atoms with E-state index < -0.39 is 0 Å². The average molecular weight is 682 g/mol. The molecule has 0 aliphatic carbocycles. The van der Waals surface area contributed by atoms with E-state index in [1.807, 2.05) is 0 Å². The topological polar surface area (TPSA) is 14.8 Å².